The highest BCUT2D eigenvalue weighted by Crippen LogP contribution is 1.96. The number of rotatable bonds is 7. The van der Waals surface area contributed by atoms with Gasteiger partial charge >= 0.3 is 17.9 Å². The third-order valence-corrected chi connectivity index (χ3v) is 1.88. The number of carboxylic acid groups (broad SMARTS) is 1. The second kappa shape index (κ2) is 8.67. The molecule has 0 spiro atoms. The summed E-state index contributed by atoms with van der Waals surface area (Å²) in [4.78, 5) is 43.4. The summed E-state index contributed by atoms with van der Waals surface area (Å²) in [5.41, 5.74) is -0.130. The zero-order chi connectivity index (χ0) is 14.8. The number of methoxy groups -OCH3 is 1. The summed E-state index contributed by atoms with van der Waals surface area (Å²) < 4.78 is 8.91. The number of carboxylic acids is 1. The van der Waals surface area contributed by atoms with Crippen LogP contribution >= 0.6 is 0 Å². The van der Waals surface area contributed by atoms with Gasteiger partial charge in [-0.2, -0.15) is 0 Å². The SMILES string of the molecule is COC(=O)CCNC(=O)COC(=O)/C(C)=C/C(=O)O. The van der Waals surface area contributed by atoms with Crippen molar-refractivity contribution in [1.82, 2.24) is 5.32 Å². The average molecular weight is 273 g/mol. The quantitative estimate of drug-likeness (QED) is 0.462. The van der Waals surface area contributed by atoms with E-state index in [9.17, 15) is 19.2 Å². The van der Waals surface area contributed by atoms with Crippen molar-refractivity contribution < 1.29 is 33.8 Å². The molecule has 0 aromatic rings. The van der Waals surface area contributed by atoms with Gasteiger partial charge in [0.05, 0.1) is 13.5 Å². The molecule has 0 aliphatic rings. The summed E-state index contributed by atoms with van der Waals surface area (Å²) in [5, 5.41) is 10.7. The molecule has 0 aliphatic heterocycles. The molecular formula is C11H15NO7. The molecule has 1 amide bonds. The van der Waals surface area contributed by atoms with Crippen molar-refractivity contribution in [3.63, 3.8) is 0 Å². The smallest absolute Gasteiger partial charge is 0.334 e. The summed E-state index contributed by atoms with van der Waals surface area (Å²) in [5.74, 6) is -3.25. The number of carbonyl (C=O) groups is 4. The monoisotopic (exact) mass is 273 g/mol. The molecule has 8 heteroatoms. The van der Waals surface area contributed by atoms with Crippen molar-refractivity contribution in [2.75, 3.05) is 20.3 Å². The molecule has 0 aromatic heterocycles. The van der Waals surface area contributed by atoms with E-state index in [1.807, 2.05) is 0 Å². The molecule has 0 aliphatic carbocycles. The fourth-order valence-corrected chi connectivity index (χ4v) is 0.946. The van der Waals surface area contributed by atoms with Gasteiger partial charge in [-0.15, -0.1) is 0 Å². The number of hydrogen-bond donors (Lipinski definition) is 2. The van der Waals surface area contributed by atoms with Crippen LogP contribution in [0.4, 0.5) is 0 Å². The zero-order valence-electron chi connectivity index (χ0n) is 10.6. The van der Waals surface area contributed by atoms with Crippen LogP contribution in [0.2, 0.25) is 0 Å². The molecule has 0 fully saturated rings. The van der Waals surface area contributed by atoms with Gasteiger partial charge in [-0.25, -0.2) is 9.59 Å². The largest absolute Gasteiger partial charge is 0.478 e. The lowest BCUT2D eigenvalue weighted by molar-refractivity contribution is -0.145. The van der Waals surface area contributed by atoms with E-state index in [1.54, 1.807) is 0 Å². The van der Waals surface area contributed by atoms with Crippen LogP contribution in [0, 0.1) is 0 Å². The number of carbonyl (C=O) groups excluding carboxylic acids is 3. The van der Waals surface area contributed by atoms with Gasteiger partial charge in [0.25, 0.3) is 5.91 Å². The molecule has 0 heterocycles. The summed E-state index contributed by atoms with van der Waals surface area (Å²) in [6, 6.07) is 0. The molecule has 0 radical (unpaired) electrons. The number of amides is 1. The topological polar surface area (TPSA) is 119 Å². The fourth-order valence-electron chi connectivity index (χ4n) is 0.946. The van der Waals surface area contributed by atoms with E-state index in [0.29, 0.717) is 6.08 Å². The Kier molecular flexibility index (Phi) is 7.59. The molecule has 2 N–H and O–H groups in total. The Bertz CT molecular complexity index is 400. The Balaban J connectivity index is 3.94. The van der Waals surface area contributed by atoms with Gasteiger partial charge in [-0.3, -0.25) is 9.59 Å². The molecule has 0 saturated heterocycles. The molecule has 106 valence electrons. The van der Waals surface area contributed by atoms with E-state index in [1.165, 1.54) is 14.0 Å². The lowest BCUT2D eigenvalue weighted by Gasteiger charge is -2.05. The van der Waals surface area contributed by atoms with E-state index in [4.69, 9.17) is 5.11 Å². The lowest BCUT2D eigenvalue weighted by atomic mass is 10.3. The predicted molar refractivity (Wildman–Crippen MR) is 62.0 cm³/mol. The average Bonchev–Trinajstić information content (AvgIpc) is 2.34. The first kappa shape index (κ1) is 16.6. The Morgan fingerprint density at radius 2 is 1.89 bits per heavy atom. The molecule has 0 saturated carbocycles. The molecule has 0 unspecified atom stereocenters. The number of nitrogens with one attached hydrogen (secondary N) is 1. The van der Waals surface area contributed by atoms with Crippen molar-refractivity contribution in [1.29, 1.82) is 0 Å². The Morgan fingerprint density at radius 1 is 1.26 bits per heavy atom. The van der Waals surface area contributed by atoms with Gasteiger partial charge in [-0.1, -0.05) is 0 Å². The van der Waals surface area contributed by atoms with Gasteiger partial charge in [0, 0.05) is 18.2 Å². The molecule has 0 atom stereocenters. The van der Waals surface area contributed by atoms with Crippen molar-refractivity contribution in [2.24, 2.45) is 0 Å². The highest BCUT2D eigenvalue weighted by molar-refractivity contribution is 5.96. The lowest BCUT2D eigenvalue weighted by Crippen LogP contribution is -2.30. The minimum atomic E-state index is -1.28. The van der Waals surface area contributed by atoms with E-state index in [0.717, 1.165) is 0 Å². The van der Waals surface area contributed by atoms with Crippen LogP contribution in [0.5, 0.6) is 0 Å². The van der Waals surface area contributed by atoms with Gasteiger partial charge < -0.3 is 19.9 Å². The third kappa shape index (κ3) is 8.36. The third-order valence-electron chi connectivity index (χ3n) is 1.88. The molecule has 0 rings (SSSR count). The number of aliphatic carboxylic acids is 1. The Hall–Kier alpha value is -2.38. The molecule has 0 bridgehead atoms. The van der Waals surface area contributed by atoms with E-state index < -0.39 is 30.4 Å². The van der Waals surface area contributed by atoms with Gasteiger partial charge in [0.1, 0.15) is 0 Å². The molecule has 8 nitrogen and oxygen atoms in total. The first-order valence-corrected chi connectivity index (χ1v) is 5.28. The standard InChI is InChI=1S/C11H15NO7/c1-7(5-9(14)15)11(17)19-6-8(13)12-4-3-10(16)18-2/h5H,3-4,6H2,1-2H3,(H,12,13)(H,14,15)/b7-5+. The predicted octanol–water partition coefficient (Wildman–Crippen LogP) is -0.760. The second-order valence-corrected chi connectivity index (χ2v) is 3.42. The van der Waals surface area contributed by atoms with Gasteiger partial charge in [0.15, 0.2) is 6.61 Å². The maximum Gasteiger partial charge on any atom is 0.334 e. The zero-order valence-corrected chi connectivity index (χ0v) is 10.6. The summed E-state index contributed by atoms with van der Waals surface area (Å²) in [7, 11) is 1.23. The number of hydrogen-bond acceptors (Lipinski definition) is 6. The first-order valence-electron chi connectivity index (χ1n) is 5.28. The van der Waals surface area contributed by atoms with E-state index in [-0.39, 0.29) is 18.5 Å². The molecule has 19 heavy (non-hydrogen) atoms. The van der Waals surface area contributed by atoms with Crippen molar-refractivity contribution in [3.05, 3.63) is 11.6 Å². The number of esters is 2. The van der Waals surface area contributed by atoms with E-state index >= 15 is 0 Å². The summed E-state index contributed by atoms with van der Waals surface area (Å²) >= 11 is 0. The second-order valence-electron chi connectivity index (χ2n) is 3.42. The first-order chi connectivity index (χ1) is 8.86. The fraction of sp³-hybridized carbons (Fsp3) is 0.455. The van der Waals surface area contributed by atoms with Crippen LogP contribution in [0.25, 0.3) is 0 Å². The Labute approximate surface area is 109 Å². The highest BCUT2D eigenvalue weighted by atomic mass is 16.5. The minimum absolute atomic E-state index is 0.00807. The normalized spacial score (nSPS) is 10.5. The van der Waals surface area contributed by atoms with Crippen LogP contribution in [0.1, 0.15) is 13.3 Å². The maximum atomic E-state index is 11.2. The van der Waals surface area contributed by atoms with Crippen LogP contribution in [-0.2, 0) is 28.7 Å². The van der Waals surface area contributed by atoms with Crippen LogP contribution < -0.4 is 5.32 Å². The summed E-state index contributed by atoms with van der Waals surface area (Å²) in [6.45, 7) is 0.767. The van der Waals surface area contributed by atoms with Gasteiger partial charge in [0.2, 0.25) is 0 Å². The molecular weight excluding hydrogens is 258 g/mol. The van der Waals surface area contributed by atoms with Crippen molar-refractivity contribution in [2.45, 2.75) is 13.3 Å². The van der Waals surface area contributed by atoms with Crippen LogP contribution in [0.3, 0.4) is 0 Å². The number of ether oxygens (including phenoxy) is 2. The minimum Gasteiger partial charge on any atom is -0.478 e. The maximum absolute atomic E-state index is 11.2. The summed E-state index contributed by atoms with van der Waals surface area (Å²) in [6.07, 6.45) is 0.686. The van der Waals surface area contributed by atoms with Crippen molar-refractivity contribution >= 4 is 23.8 Å². The van der Waals surface area contributed by atoms with Gasteiger partial charge in [-0.05, 0) is 6.92 Å². The van der Waals surface area contributed by atoms with E-state index in [2.05, 4.69) is 14.8 Å². The van der Waals surface area contributed by atoms with Crippen molar-refractivity contribution in [3.8, 4) is 0 Å². The molecule has 0 aromatic carbocycles. The van der Waals surface area contributed by atoms with Crippen LogP contribution in [0.15, 0.2) is 11.6 Å². The Morgan fingerprint density at radius 3 is 2.42 bits per heavy atom. The van der Waals surface area contributed by atoms with Crippen LogP contribution in [-0.4, -0.2) is 49.2 Å². The highest BCUT2D eigenvalue weighted by Gasteiger charge is 2.10.